The van der Waals surface area contributed by atoms with Crippen LogP contribution in [-0.2, 0) is 11.3 Å². The SMILES string of the molecule is NC(=O)CSc1cn(Cc2ccccc2Cl)c2ccccc12. The molecule has 1 aromatic heterocycles. The molecular weight excluding hydrogens is 316 g/mol. The largest absolute Gasteiger partial charge is 0.369 e. The van der Waals surface area contributed by atoms with Crippen molar-refractivity contribution in [1.82, 2.24) is 4.57 Å². The molecule has 3 rings (SSSR count). The van der Waals surface area contributed by atoms with E-state index in [1.807, 2.05) is 36.4 Å². The number of hydrogen-bond donors (Lipinski definition) is 1. The Balaban J connectivity index is 1.99. The van der Waals surface area contributed by atoms with Gasteiger partial charge in [-0.1, -0.05) is 48.0 Å². The predicted molar refractivity (Wildman–Crippen MR) is 92.4 cm³/mol. The molecule has 0 fully saturated rings. The molecule has 3 nitrogen and oxygen atoms in total. The number of carbonyl (C=O) groups is 1. The number of halogens is 1. The quantitative estimate of drug-likeness (QED) is 0.721. The number of aromatic nitrogens is 1. The van der Waals surface area contributed by atoms with E-state index in [1.54, 1.807) is 0 Å². The van der Waals surface area contributed by atoms with Crippen molar-refractivity contribution in [2.45, 2.75) is 11.4 Å². The van der Waals surface area contributed by atoms with Crippen LogP contribution < -0.4 is 5.73 Å². The van der Waals surface area contributed by atoms with Gasteiger partial charge >= 0.3 is 0 Å². The highest BCUT2D eigenvalue weighted by molar-refractivity contribution is 8.00. The number of rotatable bonds is 5. The molecule has 0 aliphatic heterocycles. The molecule has 0 unspecified atom stereocenters. The van der Waals surface area contributed by atoms with Gasteiger partial charge in [-0.25, -0.2) is 0 Å². The second-order valence-corrected chi connectivity index (χ2v) is 6.41. The molecule has 0 saturated heterocycles. The number of carbonyl (C=O) groups excluding carboxylic acids is 1. The Labute approximate surface area is 138 Å². The highest BCUT2D eigenvalue weighted by atomic mass is 35.5. The van der Waals surface area contributed by atoms with Crippen LogP contribution in [0.1, 0.15) is 5.56 Å². The number of hydrogen-bond acceptors (Lipinski definition) is 2. The molecule has 0 spiro atoms. The molecule has 0 saturated carbocycles. The summed E-state index contributed by atoms with van der Waals surface area (Å²) in [5.41, 5.74) is 7.44. The maximum absolute atomic E-state index is 11.0. The van der Waals surface area contributed by atoms with Gasteiger partial charge in [-0.2, -0.15) is 0 Å². The zero-order valence-electron chi connectivity index (χ0n) is 11.8. The lowest BCUT2D eigenvalue weighted by Crippen LogP contribution is -2.12. The van der Waals surface area contributed by atoms with Crippen LogP contribution >= 0.6 is 23.4 Å². The van der Waals surface area contributed by atoms with Crippen LogP contribution in [0.15, 0.2) is 59.6 Å². The minimum absolute atomic E-state index is 0.278. The van der Waals surface area contributed by atoms with Crippen molar-refractivity contribution >= 4 is 40.2 Å². The topological polar surface area (TPSA) is 48.0 Å². The van der Waals surface area contributed by atoms with Gasteiger partial charge < -0.3 is 10.3 Å². The average Bonchev–Trinajstić information content (AvgIpc) is 2.86. The third kappa shape index (κ3) is 3.13. The summed E-state index contributed by atoms with van der Waals surface area (Å²) in [5.74, 6) is -0.0342. The first-order chi connectivity index (χ1) is 10.6. The third-order valence-electron chi connectivity index (χ3n) is 3.42. The lowest BCUT2D eigenvalue weighted by molar-refractivity contribution is -0.115. The summed E-state index contributed by atoms with van der Waals surface area (Å²) < 4.78 is 2.15. The van der Waals surface area contributed by atoms with Crippen molar-refractivity contribution < 1.29 is 4.79 Å². The normalized spacial score (nSPS) is 11.0. The Morgan fingerprint density at radius 3 is 2.64 bits per heavy atom. The summed E-state index contributed by atoms with van der Waals surface area (Å²) in [6.07, 6.45) is 2.06. The molecule has 0 bridgehead atoms. The minimum Gasteiger partial charge on any atom is -0.369 e. The van der Waals surface area contributed by atoms with E-state index in [-0.39, 0.29) is 11.7 Å². The number of nitrogens with zero attached hydrogens (tertiary/aromatic N) is 1. The molecule has 0 radical (unpaired) electrons. The summed E-state index contributed by atoms with van der Waals surface area (Å²) in [6.45, 7) is 0.692. The fourth-order valence-corrected chi connectivity index (χ4v) is 3.44. The van der Waals surface area contributed by atoms with Crippen LogP contribution in [0.25, 0.3) is 10.9 Å². The zero-order valence-corrected chi connectivity index (χ0v) is 13.4. The molecule has 112 valence electrons. The number of nitrogens with two attached hydrogens (primary N) is 1. The number of thioether (sulfide) groups is 1. The monoisotopic (exact) mass is 330 g/mol. The number of para-hydroxylation sites is 1. The minimum atomic E-state index is -0.312. The van der Waals surface area contributed by atoms with Crippen LogP contribution in [0.2, 0.25) is 5.02 Å². The molecule has 3 aromatic rings. The summed E-state index contributed by atoms with van der Waals surface area (Å²) in [7, 11) is 0. The Kier molecular flexibility index (Phi) is 4.41. The van der Waals surface area contributed by atoms with E-state index in [9.17, 15) is 4.79 Å². The van der Waals surface area contributed by atoms with E-state index in [1.165, 1.54) is 11.8 Å². The predicted octanol–water partition coefficient (Wildman–Crippen LogP) is 3.92. The van der Waals surface area contributed by atoms with E-state index in [0.29, 0.717) is 6.54 Å². The van der Waals surface area contributed by atoms with E-state index >= 15 is 0 Å². The van der Waals surface area contributed by atoms with Crippen LogP contribution in [0, 0.1) is 0 Å². The van der Waals surface area contributed by atoms with Crippen molar-refractivity contribution in [2.24, 2.45) is 5.73 Å². The molecule has 0 aliphatic carbocycles. The second-order valence-electron chi connectivity index (χ2n) is 4.98. The van der Waals surface area contributed by atoms with Gasteiger partial charge in [-0.3, -0.25) is 4.79 Å². The van der Waals surface area contributed by atoms with Crippen LogP contribution in [0.3, 0.4) is 0 Å². The third-order valence-corrected chi connectivity index (χ3v) is 4.85. The Bertz CT molecular complexity index is 828. The molecule has 2 aromatic carbocycles. The summed E-state index contributed by atoms with van der Waals surface area (Å²) in [4.78, 5) is 12.1. The van der Waals surface area contributed by atoms with Gasteiger partial charge in [0.2, 0.25) is 5.91 Å². The lowest BCUT2D eigenvalue weighted by Gasteiger charge is -2.07. The van der Waals surface area contributed by atoms with Gasteiger partial charge in [0.25, 0.3) is 0 Å². The maximum Gasteiger partial charge on any atom is 0.227 e. The first kappa shape index (κ1) is 15.0. The number of primary amides is 1. The fraction of sp³-hybridized carbons (Fsp3) is 0.118. The van der Waals surface area contributed by atoms with Gasteiger partial charge in [0.15, 0.2) is 0 Å². The van der Waals surface area contributed by atoms with Crippen LogP contribution in [0.4, 0.5) is 0 Å². The lowest BCUT2D eigenvalue weighted by atomic mass is 10.2. The Morgan fingerprint density at radius 2 is 1.86 bits per heavy atom. The molecule has 1 heterocycles. The van der Waals surface area contributed by atoms with Crippen LogP contribution in [0.5, 0.6) is 0 Å². The van der Waals surface area contributed by atoms with Gasteiger partial charge in [0.05, 0.1) is 5.75 Å². The van der Waals surface area contributed by atoms with Crippen molar-refractivity contribution in [2.75, 3.05) is 5.75 Å². The first-order valence-electron chi connectivity index (χ1n) is 6.87. The molecule has 0 aliphatic rings. The highest BCUT2D eigenvalue weighted by Crippen LogP contribution is 2.31. The van der Waals surface area contributed by atoms with Crippen molar-refractivity contribution in [1.29, 1.82) is 0 Å². The smallest absolute Gasteiger partial charge is 0.227 e. The number of amides is 1. The second kappa shape index (κ2) is 6.46. The molecule has 1 amide bonds. The van der Waals surface area contributed by atoms with E-state index in [2.05, 4.69) is 22.9 Å². The summed E-state index contributed by atoms with van der Waals surface area (Å²) in [5, 5.41) is 1.88. The highest BCUT2D eigenvalue weighted by Gasteiger charge is 2.10. The average molecular weight is 331 g/mol. The zero-order chi connectivity index (χ0) is 15.5. The molecular formula is C17H15ClN2OS. The fourth-order valence-electron chi connectivity index (χ4n) is 2.42. The van der Waals surface area contributed by atoms with Crippen molar-refractivity contribution in [3.63, 3.8) is 0 Å². The number of benzene rings is 2. The van der Waals surface area contributed by atoms with Gasteiger partial charge in [0.1, 0.15) is 0 Å². The van der Waals surface area contributed by atoms with E-state index in [0.717, 1.165) is 26.4 Å². The Hall–Kier alpha value is -1.91. The van der Waals surface area contributed by atoms with Gasteiger partial charge in [-0.15, -0.1) is 11.8 Å². The molecule has 2 N–H and O–H groups in total. The molecule has 22 heavy (non-hydrogen) atoms. The van der Waals surface area contributed by atoms with E-state index in [4.69, 9.17) is 17.3 Å². The van der Waals surface area contributed by atoms with Crippen molar-refractivity contribution in [3.8, 4) is 0 Å². The van der Waals surface area contributed by atoms with Crippen LogP contribution in [-0.4, -0.2) is 16.2 Å². The summed E-state index contributed by atoms with van der Waals surface area (Å²) in [6, 6.07) is 16.0. The number of fused-ring (bicyclic) bond motifs is 1. The first-order valence-corrected chi connectivity index (χ1v) is 8.24. The van der Waals surface area contributed by atoms with Crippen molar-refractivity contribution in [3.05, 3.63) is 65.3 Å². The molecule has 5 heteroatoms. The maximum atomic E-state index is 11.0. The van der Waals surface area contributed by atoms with Gasteiger partial charge in [0, 0.05) is 33.6 Å². The standard InChI is InChI=1S/C17H15ClN2OS/c18-14-7-3-1-5-12(14)9-20-10-16(22-11-17(19)21)13-6-2-4-8-15(13)20/h1-8,10H,9,11H2,(H2,19,21). The van der Waals surface area contributed by atoms with Gasteiger partial charge in [-0.05, 0) is 17.7 Å². The summed E-state index contributed by atoms with van der Waals surface area (Å²) >= 11 is 7.72. The molecule has 0 atom stereocenters. The van der Waals surface area contributed by atoms with E-state index < -0.39 is 0 Å². The Morgan fingerprint density at radius 1 is 1.14 bits per heavy atom.